The lowest BCUT2D eigenvalue weighted by molar-refractivity contribution is 0.0496. The Labute approximate surface area is 114 Å². The summed E-state index contributed by atoms with van der Waals surface area (Å²) in [6.45, 7) is 4.20. The van der Waals surface area contributed by atoms with Gasteiger partial charge in [0, 0.05) is 5.69 Å². The van der Waals surface area contributed by atoms with Crippen LogP contribution < -0.4 is 5.73 Å². The van der Waals surface area contributed by atoms with Crippen LogP contribution in [0.1, 0.15) is 43.5 Å². The quantitative estimate of drug-likeness (QED) is 0.484. The zero-order chi connectivity index (χ0) is 14.3. The lowest BCUT2D eigenvalue weighted by Gasteiger charge is -2.14. The number of ether oxygens (including phenoxy) is 1. The van der Waals surface area contributed by atoms with Crippen LogP contribution in [0, 0.1) is 16.7 Å². The van der Waals surface area contributed by atoms with Gasteiger partial charge >= 0.3 is 5.97 Å². The largest absolute Gasteiger partial charge is 0.462 e. The molecule has 0 saturated carbocycles. The Morgan fingerprint density at radius 2 is 1.95 bits per heavy atom. The Balaban J connectivity index is 2.25. The molecule has 0 aliphatic carbocycles. The maximum atomic E-state index is 11.7. The van der Waals surface area contributed by atoms with Crippen LogP contribution in [0.25, 0.3) is 0 Å². The highest BCUT2D eigenvalue weighted by atomic mass is 16.5. The lowest BCUT2D eigenvalue weighted by Crippen LogP contribution is -2.09. The van der Waals surface area contributed by atoms with Gasteiger partial charge in [0.05, 0.1) is 23.7 Å². The smallest absolute Gasteiger partial charge is 0.338 e. The molecule has 4 heteroatoms. The van der Waals surface area contributed by atoms with Crippen molar-refractivity contribution in [3.63, 3.8) is 0 Å². The summed E-state index contributed by atoms with van der Waals surface area (Å²) in [6.07, 6.45) is 2.45. The number of nitrogens with zero attached hydrogens (tertiary/aromatic N) is 1. The maximum absolute atomic E-state index is 11.7. The number of carbonyl (C=O) groups is 1. The number of nitrogens with two attached hydrogens (primary N) is 1. The van der Waals surface area contributed by atoms with Gasteiger partial charge < -0.3 is 10.5 Å². The first kappa shape index (κ1) is 15.0. The van der Waals surface area contributed by atoms with Crippen LogP contribution in [0.2, 0.25) is 0 Å². The third kappa shape index (κ3) is 5.43. The Morgan fingerprint density at radius 3 is 2.53 bits per heavy atom. The average Bonchev–Trinajstić information content (AvgIpc) is 2.39. The molecule has 0 spiro atoms. The molecule has 4 nitrogen and oxygen atoms in total. The predicted octanol–water partition coefficient (Wildman–Crippen LogP) is 3.15. The van der Waals surface area contributed by atoms with Crippen molar-refractivity contribution in [2.24, 2.45) is 5.41 Å². The number of unbranched alkanes of at least 4 members (excludes halogenated alkanes) is 1. The molecule has 0 unspecified atom stereocenters. The normalized spacial score (nSPS) is 10.8. The van der Waals surface area contributed by atoms with Crippen LogP contribution in [0.5, 0.6) is 0 Å². The van der Waals surface area contributed by atoms with Gasteiger partial charge in [-0.2, -0.15) is 5.26 Å². The number of carbonyl (C=O) groups excluding carboxylic acids is 1. The highest BCUT2D eigenvalue weighted by molar-refractivity contribution is 5.89. The molecule has 1 rings (SSSR count). The van der Waals surface area contributed by atoms with Crippen molar-refractivity contribution in [1.29, 1.82) is 5.26 Å². The van der Waals surface area contributed by atoms with E-state index < -0.39 is 0 Å². The van der Waals surface area contributed by atoms with E-state index in [-0.39, 0.29) is 11.4 Å². The van der Waals surface area contributed by atoms with E-state index in [4.69, 9.17) is 15.7 Å². The Kier molecular flexibility index (Phi) is 5.37. The van der Waals surface area contributed by atoms with Crippen molar-refractivity contribution < 1.29 is 9.53 Å². The van der Waals surface area contributed by atoms with E-state index in [0.717, 1.165) is 19.3 Å². The van der Waals surface area contributed by atoms with Crippen LogP contribution >= 0.6 is 0 Å². The van der Waals surface area contributed by atoms with Gasteiger partial charge in [-0.25, -0.2) is 4.79 Å². The number of nitriles is 1. The third-order valence-electron chi connectivity index (χ3n) is 2.88. The molecule has 0 bridgehead atoms. The van der Waals surface area contributed by atoms with Crippen LogP contribution in [0.3, 0.4) is 0 Å². The van der Waals surface area contributed by atoms with Gasteiger partial charge in [-0.15, -0.1) is 0 Å². The zero-order valence-electron chi connectivity index (χ0n) is 11.5. The molecule has 0 heterocycles. The van der Waals surface area contributed by atoms with Crippen molar-refractivity contribution in [3.05, 3.63) is 29.8 Å². The molecule has 102 valence electrons. The summed E-state index contributed by atoms with van der Waals surface area (Å²) < 4.78 is 5.15. The van der Waals surface area contributed by atoms with Gasteiger partial charge in [0.15, 0.2) is 0 Å². The fraction of sp³-hybridized carbons (Fsp3) is 0.467. The number of nitrogen functional groups attached to an aromatic ring is 1. The van der Waals surface area contributed by atoms with E-state index in [0.29, 0.717) is 17.9 Å². The number of benzene rings is 1. The van der Waals surface area contributed by atoms with Crippen molar-refractivity contribution in [2.75, 3.05) is 12.3 Å². The maximum Gasteiger partial charge on any atom is 0.338 e. The van der Waals surface area contributed by atoms with Crippen molar-refractivity contribution in [2.45, 2.75) is 33.1 Å². The van der Waals surface area contributed by atoms with Crippen molar-refractivity contribution in [3.8, 4) is 6.07 Å². The second-order valence-corrected chi connectivity index (χ2v) is 5.21. The van der Waals surface area contributed by atoms with Crippen LogP contribution in [-0.2, 0) is 4.74 Å². The molecule has 0 saturated heterocycles. The molecule has 1 aromatic carbocycles. The highest BCUT2D eigenvalue weighted by Gasteiger charge is 2.15. The van der Waals surface area contributed by atoms with Gasteiger partial charge in [0.1, 0.15) is 0 Å². The summed E-state index contributed by atoms with van der Waals surface area (Å²) in [5, 5.41) is 8.86. The summed E-state index contributed by atoms with van der Waals surface area (Å²) in [6, 6.07) is 8.90. The molecule has 0 aromatic heterocycles. The second kappa shape index (κ2) is 6.79. The first-order valence-corrected chi connectivity index (χ1v) is 6.38. The number of rotatable bonds is 6. The molecule has 0 amide bonds. The number of hydrogen-bond donors (Lipinski definition) is 1. The first-order valence-electron chi connectivity index (χ1n) is 6.38. The molecule has 0 aliphatic rings. The van der Waals surface area contributed by atoms with E-state index in [2.05, 4.69) is 6.07 Å². The Hall–Kier alpha value is -2.02. The second-order valence-electron chi connectivity index (χ2n) is 5.21. The summed E-state index contributed by atoms with van der Waals surface area (Å²) in [5.41, 5.74) is 6.36. The minimum Gasteiger partial charge on any atom is -0.462 e. The average molecular weight is 260 g/mol. The molecule has 0 aliphatic heterocycles. The summed E-state index contributed by atoms with van der Waals surface area (Å²) in [7, 11) is 0. The molecular weight excluding hydrogens is 240 g/mol. The number of hydrogen-bond acceptors (Lipinski definition) is 4. The van der Waals surface area contributed by atoms with Gasteiger partial charge in [-0.3, -0.25) is 0 Å². The lowest BCUT2D eigenvalue weighted by atomic mass is 9.89. The summed E-state index contributed by atoms with van der Waals surface area (Å²) in [4.78, 5) is 11.7. The van der Waals surface area contributed by atoms with E-state index >= 15 is 0 Å². The van der Waals surface area contributed by atoms with Gasteiger partial charge in [-0.1, -0.05) is 0 Å². The SMILES string of the molecule is CC(C)(C#N)CCCCOC(=O)c1ccc(N)cc1. The van der Waals surface area contributed by atoms with Gasteiger partial charge in [0.2, 0.25) is 0 Å². The van der Waals surface area contributed by atoms with E-state index in [1.165, 1.54) is 0 Å². The Morgan fingerprint density at radius 1 is 1.32 bits per heavy atom. The summed E-state index contributed by atoms with van der Waals surface area (Å²) in [5.74, 6) is -0.334. The van der Waals surface area contributed by atoms with Gasteiger partial charge in [-0.05, 0) is 57.4 Å². The third-order valence-corrected chi connectivity index (χ3v) is 2.88. The molecule has 1 aromatic rings. The Bertz CT molecular complexity index is 458. The molecule has 0 radical (unpaired) electrons. The minimum atomic E-state index is -0.334. The van der Waals surface area contributed by atoms with Crippen molar-refractivity contribution in [1.82, 2.24) is 0 Å². The first-order chi connectivity index (χ1) is 8.94. The zero-order valence-corrected chi connectivity index (χ0v) is 11.5. The van der Waals surface area contributed by atoms with Crippen LogP contribution in [0.15, 0.2) is 24.3 Å². The van der Waals surface area contributed by atoms with E-state index in [9.17, 15) is 4.79 Å². The molecule has 2 N–H and O–H groups in total. The fourth-order valence-corrected chi connectivity index (χ4v) is 1.59. The van der Waals surface area contributed by atoms with E-state index in [1.807, 2.05) is 13.8 Å². The van der Waals surface area contributed by atoms with E-state index in [1.54, 1.807) is 24.3 Å². The standard InChI is InChI=1S/C15H20N2O2/c1-15(2,11-16)9-3-4-10-19-14(18)12-5-7-13(17)8-6-12/h5-8H,3-4,9-10,17H2,1-2H3. The predicted molar refractivity (Wildman–Crippen MR) is 74.4 cm³/mol. The molecule has 0 atom stereocenters. The molecular formula is C15H20N2O2. The fourth-order valence-electron chi connectivity index (χ4n) is 1.59. The monoisotopic (exact) mass is 260 g/mol. The minimum absolute atomic E-state index is 0.305. The molecule has 19 heavy (non-hydrogen) atoms. The topological polar surface area (TPSA) is 76.1 Å². The van der Waals surface area contributed by atoms with Gasteiger partial charge in [0.25, 0.3) is 0 Å². The highest BCUT2D eigenvalue weighted by Crippen LogP contribution is 2.21. The molecule has 0 fully saturated rings. The number of anilines is 1. The summed E-state index contributed by atoms with van der Waals surface area (Å²) >= 11 is 0. The van der Waals surface area contributed by atoms with Crippen LogP contribution in [0.4, 0.5) is 5.69 Å². The van der Waals surface area contributed by atoms with Crippen LogP contribution in [-0.4, -0.2) is 12.6 Å². The van der Waals surface area contributed by atoms with Crippen molar-refractivity contribution >= 4 is 11.7 Å². The number of esters is 1.